The molecule has 76 valence electrons. The third-order valence-corrected chi connectivity index (χ3v) is 2.45. The van der Waals surface area contributed by atoms with Crippen molar-refractivity contribution in [3.8, 4) is 0 Å². The number of aromatic nitrogens is 1. The molecule has 0 saturated heterocycles. The molecule has 0 aliphatic heterocycles. The second-order valence-electron chi connectivity index (χ2n) is 2.88. The number of amides is 1. The van der Waals surface area contributed by atoms with Crippen molar-refractivity contribution in [1.29, 1.82) is 0 Å². The number of carbonyl (C=O) groups excluding carboxylic acids is 1. The standard InChI is InChI=1S/C9H10Cl2N2O/c1-6(5-10)9(14)13-8-7(11)3-2-4-12-8/h2-4,6H,5H2,1H3,(H,12,13,14). The van der Waals surface area contributed by atoms with Crippen LogP contribution < -0.4 is 5.32 Å². The number of carbonyl (C=O) groups is 1. The van der Waals surface area contributed by atoms with E-state index in [0.717, 1.165) is 0 Å². The minimum atomic E-state index is -0.255. The molecule has 0 aliphatic rings. The Balaban J connectivity index is 2.70. The number of hydrogen-bond acceptors (Lipinski definition) is 2. The lowest BCUT2D eigenvalue weighted by atomic mass is 10.2. The number of anilines is 1. The van der Waals surface area contributed by atoms with Gasteiger partial charge < -0.3 is 5.32 Å². The molecular weight excluding hydrogens is 223 g/mol. The molecule has 1 heterocycles. The van der Waals surface area contributed by atoms with Crippen LogP contribution in [-0.4, -0.2) is 16.8 Å². The predicted molar refractivity (Wildman–Crippen MR) is 57.8 cm³/mol. The van der Waals surface area contributed by atoms with Gasteiger partial charge in [0, 0.05) is 18.0 Å². The Hall–Kier alpha value is -0.800. The number of alkyl halides is 1. The van der Waals surface area contributed by atoms with Gasteiger partial charge in [-0.15, -0.1) is 11.6 Å². The van der Waals surface area contributed by atoms with Crippen LogP contribution in [0.3, 0.4) is 0 Å². The van der Waals surface area contributed by atoms with Crippen LogP contribution in [0, 0.1) is 5.92 Å². The SMILES string of the molecule is CC(CCl)C(=O)Nc1ncccc1Cl. The number of pyridine rings is 1. The summed E-state index contributed by atoms with van der Waals surface area (Å²) in [6.07, 6.45) is 1.56. The van der Waals surface area contributed by atoms with E-state index in [1.54, 1.807) is 25.3 Å². The van der Waals surface area contributed by atoms with Gasteiger partial charge in [-0.1, -0.05) is 18.5 Å². The van der Waals surface area contributed by atoms with Gasteiger partial charge in [-0.2, -0.15) is 0 Å². The van der Waals surface area contributed by atoms with Crippen LogP contribution >= 0.6 is 23.2 Å². The minimum Gasteiger partial charge on any atom is -0.309 e. The van der Waals surface area contributed by atoms with Crippen molar-refractivity contribution in [3.63, 3.8) is 0 Å². The van der Waals surface area contributed by atoms with E-state index < -0.39 is 0 Å². The Morgan fingerprint density at radius 3 is 3.00 bits per heavy atom. The topological polar surface area (TPSA) is 42.0 Å². The number of hydrogen-bond donors (Lipinski definition) is 1. The van der Waals surface area contributed by atoms with Crippen LogP contribution in [0.1, 0.15) is 6.92 Å². The van der Waals surface area contributed by atoms with Crippen molar-refractivity contribution >= 4 is 34.9 Å². The summed E-state index contributed by atoms with van der Waals surface area (Å²) in [5.41, 5.74) is 0. The fourth-order valence-corrected chi connectivity index (χ4v) is 1.10. The summed E-state index contributed by atoms with van der Waals surface area (Å²) in [5, 5.41) is 3.01. The summed E-state index contributed by atoms with van der Waals surface area (Å²) in [7, 11) is 0. The molecular formula is C9H10Cl2N2O. The van der Waals surface area contributed by atoms with Gasteiger partial charge in [-0.25, -0.2) is 4.98 Å². The molecule has 0 radical (unpaired) electrons. The van der Waals surface area contributed by atoms with Gasteiger partial charge in [-0.3, -0.25) is 4.79 Å². The van der Waals surface area contributed by atoms with E-state index >= 15 is 0 Å². The van der Waals surface area contributed by atoms with Crippen LogP contribution in [0.15, 0.2) is 18.3 Å². The lowest BCUT2D eigenvalue weighted by Crippen LogP contribution is -2.22. The maximum atomic E-state index is 11.4. The Morgan fingerprint density at radius 2 is 2.43 bits per heavy atom. The second-order valence-corrected chi connectivity index (χ2v) is 3.59. The molecule has 1 N–H and O–H groups in total. The summed E-state index contributed by atoms with van der Waals surface area (Å²) in [6.45, 7) is 1.74. The molecule has 0 aromatic carbocycles. The Kier molecular flexibility index (Phi) is 4.17. The maximum absolute atomic E-state index is 11.4. The van der Waals surface area contributed by atoms with E-state index in [4.69, 9.17) is 23.2 Å². The zero-order valence-corrected chi connectivity index (χ0v) is 9.14. The number of halogens is 2. The smallest absolute Gasteiger partial charge is 0.229 e. The first-order valence-electron chi connectivity index (χ1n) is 4.12. The van der Waals surface area contributed by atoms with Crippen LogP contribution in [0.5, 0.6) is 0 Å². The van der Waals surface area contributed by atoms with Gasteiger partial charge in [0.25, 0.3) is 0 Å². The van der Waals surface area contributed by atoms with Gasteiger partial charge in [-0.05, 0) is 12.1 Å². The van der Waals surface area contributed by atoms with E-state index in [9.17, 15) is 4.79 Å². The summed E-state index contributed by atoms with van der Waals surface area (Å²) >= 11 is 11.3. The van der Waals surface area contributed by atoms with Crippen molar-refractivity contribution in [1.82, 2.24) is 4.98 Å². The zero-order valence-electron chi connectivity index (χ0n) is 7.63. The maximum Gasteiger partial charge on any atom is 0.229 e. The third-order valence-electron chi connectivity index (χ3n) is 1.68. The van der Waals surface area contributed by atoms with Crippen molar-refractivity contribution in [3.05, 3.63) is 23.4 Å². The number of nitrogens with one attached hydrogen (secondary N) is 1. The molecule has 0 spiro atoms. The fraction of sp³-hybridized carbons (Fsp3) is 0.333. The van der Waals surface area contributed by atoms with Gasteiger partial charge >= 0.3 is 0 Å². The lowest BCUT2D eigenvalue weighted by molar-refractivity contribution is -0.118. The highest BCUT2D eigenvalue weighted by molar-refractivity contribution is 6.33. The van der Waals surface area contributed by atoms with Gasteiger partial charge in [0.05, 0.1) is 5.02 Å². The van der Waals surface area contributed by atoms with Crippen LogP contribution in [-0.2, 0) is 4.79 Å². The molecule has 0 fully saturated rings. The lowest BCUT2D eigenvalue weighted by Gasteiger charge is -2.08. The van der Waals surface area contributed by atoms with Crippen LogP contribution in [0.4, 0.5) is 5.82 Å². The van der Waals surface area contributed by atoms with E-state index in [2.05, 4.69) is 10.3 Å². The molecule has 14 heavy (non-hydrogen) atoms. The minimum absolute atomic E-state index is 0.180. The predicted octanol–water partition coefficient (Wildman–Crippen LogP) is 2.55. The first-order valence-corrected chi connectivity index (χ1v) is 5.03. The van der Waals surface area contributed by atoms with Crippen molar-refractivity contribution < 1.29 is 4.79 Å². The Bertz CT molecular complexity index is 330. The number of nitrogens with zero attached hydrogens (tertiary/aromatic N) is 1. The van der Waals surface area contributed by atoms with Crippen molar-refractivity contribution in [2.75, 3.05) is 11.2 Å². The Morgan fingerprint density at radius 1 is 1.71 bits per heavy atom. The Labute approximate surface area is 92.4 Å². The molecule has 5 heteroatoms. The average Bonchev–Trinajstić information content (AvgIpc) is 2.20. The molecule has 1 aromatic rings. The van der Waals surface area contributed by atoms with E-state index in [1.165, 1.54) is 0 Å². The largest absolute Gasteiger partial charge is 0.309 e. The molecule has 1 aromatic heterocycles. The fourth-order valence-electron chi connectivity index (χ4n) is 0.788. The molecule has 1 atom stereocenters. The molecule has 1 unspecified atom stereocenters. The first kappa shape index (κ1) is 11.3. The van der Waals surface area contributed by atoms with E-state index in [0.29, 0.717) is 10.8 Å². The quantitative estimate of drug-likeness (QED) is 0.815. The molecule has 1 amide bonds. The number of rotatable bonds is 3. The zero-order chi connectivity index (χ0) is 10.6. The summed E-state index contributed by atoms with van der Waals surface area (Å²) in [4.78, 5) is 15.3. The first-order chi connectivity index (χ1) is 6.65. The van der Waals surface area contributed by atoms with E-state index in [-0.39, 0.29) is 17.7 Å². The van der Waals surface area contributed by atoms with Crippen LogP contribution in [0.2, 0.25) is 5.02 Å². The third kappa shape index (κ3) is 2.86. The van der Waals surface area contributed by atoms with E-state index in [1.807, 2.05) is 0 Å². The highest BCUT2D eigenvalue weighted by atomic mass is 35.5. The average molecular weight is 233 g/mol. The van der Waals surface area contributed by atoms with Crippen LogP contribution in [0.25, 0.3) is 0 Å². The molecule has 0 bridgehead atoms. The highest BCUT2D eigenvalue weighted by Crippen LogP contribution is 2.18. The summed E-state index contributed by atoms with van der Waals surface area (Å²) in [5.74, 6) is 0.211. The monoisotopic (exact) mass is 232 g/mol. The summed E-state index contributed by atoms with van der Waals surface area (Å²) in [6, 6.07) is 3.36. The second kappa shape index (κ2) is 5.17. The highest BCUT2D eigenvalue weighted by Gasteiger charge is 2.13. The van der Waals surface area contributed by atoms with Gasteiger partial charge in [0.2, 0.25) is 5.91 Å². The molecule has 0 saturated carbocycles. The van der Waals surface area contributed by atoms with Gasteiger partial charge in [0.1, 0.15) is 0 Å². The normalized spacial score (nSPS) is 12.2. The van der Waals surface area contributed by atoms with Gasteiger partial charge in [0.15, 0.2) is 5.82 Å². The molecule has 0 aliphatic carbocycles. The molecule has 1 rings (SSSR count). The summed E-state index contributed by atoms with van der Waals surface area (Å²) < 4.78 is 0. The van der Waals surface area contributed by atoms with Crippen molar-refractivity contribution in [2.24, 2.45) is 5.92 Å². The van der Waals surface area contributed by atoms with Crippen molar-refractivity contribution in [2.45, 2.75) is 6.92 Å². The molecule has 3 nitrogen and oxygen atoms in total.